The van der Waals surface area contributed by atoms with Gasteiger partial charge in [0.15, 0.2) is 0 Å². The number of halogens is 1. The first kappa shape index (κ1) is 19.7. The van der Waals surface area contributed by atoms with Crippen LogP contribution in [0.2, 0.25) is 5.02 Å². The Morgan fingerprint density at radius 2 is 1.60 bits per heavy atom. The highest BCUT2D eigenvalue weighted by molar-refractivity contribution is 6.39. The van der Waals surface area contributed by atoms with Gasteiger partial charge in [-0.05, 0) is 55.8 Å². The van der Waals surface area contributed by atoms with Gasteiger partial charge in [0.1, 0.15) is 5.57 Å². The Bertz CT molecular complexity index is 1210. The number of carbonyl (C=O) groups is 3. The van der Waals surface area contributed by atoms with Gasteiger partial charge in [0.2, 0.25) is 0 Å². The maximum atomic E-state index is 13.0. The summed E-state index contributed by atoms with van der Waals surface area (Å²) in [6.07, 6.45) is 1.51. The summed E-state index contributed by atoms with van der Waals surface area (Å²) >= 11 is 6.35. The summed E-state index contributed by atoms with van der Waals surface area (Å²) in [5.41, 5.74) is 3.48. The van der Waals surface area contributed by atoms with E-state index in [4.69, 9.17) is 11.6 Å². The number of carbonyl (C=O) groups excluding carboxylic acids is 3. The van der Waals surface area contributed by atoms with Crippen LogP contribution in [-0.2, 0) is 9.59 Å². The van der Waals surface area contributed by atoms with Crippen molar-refractivity contribution in [2.45, 2.75) is 13.8 Å². The van der Waals surface area contributed by atoms with Gasteiger partial charge < -0.3 is 4.57 Å². The molecule has 0 aliphatic carbocycles. The summed E-state index contributed by atoms with van der Waals surface area (Å²) in [5, 5.41) is 2.83. The zero-order chi connectivity index (χ0) is 21.4. The molecule has 1 fully saturated rings. The molecule has 1 aromatic heterocycles. The number of anilines is 1. The van der Waals surface area contributed by atoms with E-state index in [1.54, 1.807) is 36.4 Å². The van der Waals surface area contributed by atoms with Gasteiger partial charge >= 0.3 is 6.03 Å². The fourth-order valence-electron chi connectivity index (χ4n) is 3.56. The van der Waals surface area contributed by atoms with Crippen molar-refractivity contribution in [3.8, 4) is 5.69 Å². The second-order valence-electron chi connectivity index (χ2n) is 6.91. The third-order valence-electron chi connectivity index (χ3n) is 4.98. The SMILES string of the molecule is Cc1cc(C=C2C(=O)NC(=O)N(c3ccccc3)C2=O)c(C)n1-c1ccccc1Cl. The zero-order valence-electron chi connectivity index (χ0n) is 16.3. The lowest BCUT2D eigenvalue weighted by Gasteiger charge is -2.26. The second-order valence-corrected chi connectivity index (χ2v) is 7.31. The van der Waals surface area contributed by atoms with Crippen molar-refractivity contribution < 1.29 is 14.4 Å². The molecule has 0 saturated carbocycles. The summed E-state index contributed by atoms with van der Waals surface area (Å²) in [7, 11) is 0. The molecule has 7 heteroatoms. The maximum absolute atomic E-state index is 13.0. The summed E-state index contributed by atoms with van der Waals surface area (Å²) in [4.78, 5) is 38.7. The van der Waals surface area contributed by atoms with E-state index in [2.05, 4.69) is 5.32 Å². The molecule has 1 saturated heterocycles. The van der Waals surface area contributed by atoms with Gasteiger partial charge in [-0.1, -0.05) is 41.9 Å². The van der Waals surface area contributed by atoms with Crippen molar-refractivity contribution in [2.24, 2.45) is 0 Å². The Kier molecular flexibility index (Phi) is 5.01. The van der Waals surface area contributed by atoms with Gasteiger partial charge in [0.25, 0.3) is 11.8 Å². The van der Waals surface area contributed by atoms with Crippen molar-refractivity contribution in [2.75, 3.05) is 4.90 Å². The number of hydrogen-bond acceptors (Lipinski definition) is 3. The third kappa shape index (κ3) is 3.31. The molecule has 6 nitrogen and oxygen atoms in total. The number of aromatic nitrogens is 1. The average molecular weight is 420 g/mol. The van der Waals surface area contributed by atoms with E-state index in [0.29, 0.717) is 16.3 Å². The van der Waals surface area contributed by atoms with Crippen LogP contribution < -0.4 is 10.2 Å². The highest BCUT2D eigenvalue weighted by atomic mass is 35.5. The van der Waals surface area contributed by atoms with E-state index >= 15 is 0 Å². The smallest absolute Gasteiger partial charge is 0.316 e. The van der Waals surface area contributed by atoms with E-state index in [0.717, 1.165) is 22.0 Å². The number of barbiturate groups is 1. The number of benzene rings is 2. The molecule has 1 aliphatic heterocycles. The summed E-state index contributed by atoms with van der Waals surface area (Å²) in [5.74, 6) is -1.39. The molecule has 4 rings (SSSR count). The minimum atomic E-state index is -0.769. The van der Waals surface area contributed by atoms with Crippen LogP contribution in [0.3, 0.4) is 0 Å². The molecule has 2 heterocycles. The molecule has 1 aliphatic rings. The largest absolute Gasteiger partial charge is 0.335 e. The van der Waals surface area contributed by atoms with Crippen LogP contribution in [0.4, 0.5) is 10.5 Å². The molecular formula is C23H18ClN3O3. The Balaban J connectivity index is 1.79. The van der Waals surface area contributed by atoms with Gasteiger partial charge in [0.05, 0.1) is 16.4 Å². The molecule has 0 bridgehead atoms. The Hall–Kier alpha value is -3.64. The van der Waals surface area contributed by atoms with Gasteiger partial charge in [-0.15, -0.1) is 0 Å². The highest BCUT2D eigenvalue weighted by Gasteiger charge is 2.36. The summed E-state index contributed by atoms with van der Waals surface area (Å²) in [6.45, 7) is 3.80. The van der Waals surface area contributed by atoms with Gasteiger partial charge in [-0.3, -0.25) is 14.9 Å². The fraction of sp³-hybridized carbons (Fsp3) is 0.0870. The number of nitrogens with zero attached hydrogens (tertiary/aromatic N) is 2. The van der Waals surface area contributed by atoms with Crippen LogP contribution in [0.5, 0.6) is 0 Å². The topological polar surface area (TPSA) is 71.4 Å². The van der Waals surface area contributed by atoms with Crippen LogP contribution in [0.1, 0.15) is 17.0 Å². The van der Waals surface area contributed by atoms with Crippen molar-refractivity contribution in [1.82, 2.24) is 9.88 Å². The number of imide groups is 2. The van der Waals surface area contributed by atoms with Crippen LogP contribution in [-0.4, -0.2) is 22.4 Å². The predicted octanol–water partition coefficient (Wildman–Crippen LogP) is 4.41. The molecule has 4 amide bonds. The van der Waals surface area contributed by atoms with E-state index < -0.39 is 17.8 Å². The molecule has 0 spiro atoms. The minimum Gasteiger partial charge on any atom is -0.316 e. The molecule has 150 valence electrons. The number of nitrogens with one attached hydrogen (secondary N) is 1. The number of amides is 4. The Morgan fingerprint density at radius 1 is 0.933 bits per heavy atom. The van der Waals surface area contributed by atoms with Crippen LogP contribution in [0.25, 0.3) is 11.8 Å². The van der Waals surface area contributed by atoms with Crippen LogP contribution in [0, 0.1) is 13.8 Å². The number of aryl methyl sites for hydroxylation is 1. The average Bonchev–Trinajstić information content (AvgIpc) is 2.99. The first-order valence-electron chi connectivity index (χ1n) is 9.29. The number of urea groups is 1. The quantitative estimate of drug-likeness (QED) is 0.504. The molecule has 30 heavy (non-hydrogen) atoms. The van der Waals surface area contributed by atoms with E-state index in [1.807, 2.05) is 42.7 Å². The van der Waals surface area contributed by atoms with Crippen molar-refractivity contribution in [1.29, 1.82) is 0 Å². The van der Waals surface area contributed by atoms with Gasteiger partial charge in [0, 0.05) is 11.4 Å². The van der Waals surface area contributed by atoms with E-state index in [9.17, 15) is 14.4 Å². The summed E-state index contributed by atoms with van der Waals surface area (Å²) < 4.78 is 1.96. The predicted molar refractivity (Wildman–Crippen MR) is 116 cm³/mol. The zero-order valence-corrected chi connectivity index (χ0v) is 17.1. The number of para-hydroxylation sites is 2. The van der Waals surface area contributed by atoms with Gasteiger partial charge in [-0.25, -0.2) is 9.69 Å². The second kappa shape index (κ2) is 7.65. The molecular weight excluding hydrogens is 402 g/mol. The molecule has 0 radical (unpaired) electrons. The van der Waals surface area contributed by atoms with Crippen LogP contribution in [0.15, 0.2) is 66.2 Å². The lowest BCUT2D eigenvalue weighted by molar-refractivity contribution is -0.122. The number of rotatable bonds is 3. The van der Waals surface area contributed by atoms with E-state index in [-0.39, 0.29) is 5.57 Å². The normalized spacial score (nSPS) is 15.6. The van der Waals surface area contributed by atoms with Gasteiger partial charge in [-0.2, -0.15) is 0 Å². The Morgan fingerprint density at radius 3 is 2.30 bits per heavy atom. The van der Waals surface area contributed by atoms with Crippen LogP contribution >= 0.6 is 11.6 Å². The first-order chi connectivity index (χ1) is 14.4. The molecule has 0 atom stereocenters. The lowest BCUT2D eigenvalue weighted by Crippen LogP contribution is -2.54. The number of hydrogen-bond donors (Lipinski definition) is 1. The maximum Gasteiger partial charge on any atom is 0.335 e. The highest BCUT2D eigenvalue weighted by Crippen LogP contribution is 2.28. The van der Waals surface area contributed by atoms with E-state index in [1.165, 1.54) is 6.08 Å². The molecule has 0 unspecified atom stereocenters. The van der Waals surface area contributed by atoms with Crippen molar-refractivity contribution >= 4 is 41.2 Å². The molecule has 2 aromatic carbocycles. The summed E-state index contributed by atoms with van der Waals surface area (Å²) in [6, 6.07) is 17.0. The first-order valence-corrected chi connectivity index (χ1v) is 9.66. The lowest BCUT2D eigenvalue weighted by atomic mass is 10.1. The van der Waals surface area contributed by atoms with Crippen molar-refractivity contribution in [3.63, 3.8) is 0 Å². The fourth-order valence-corrected chi connectivity index (χ4v) is 3.78. The third-order valence-corrected chi connectivity index (χ3v) is 5.30. The molecule has 1 N–H and O–H groups in total. The van der Waals surface area contributed by atoms with Crippen molar-refractivity contribution in [3.05, 3.63) is 88.2 Å². The molecule has 3 aromatic rings. The minimum absolute atomic E-state index is 0.113. The Labute approximate surface area is 178 Å². The monoisotopic (exact) mass is 419 g/mol. The standard InChI is InChI=1S/C23H18ClN3O3/c1-14-12-16(15(2)26(14)20-11-7-6-10-19(20)24)13-18-21(28)25-23(30)27(22(18)29)17-8-4-3-5-9-17/h3-13H,1-2H3,(H,25,28,30).